The SMILES string of the molecule is C=Cn1ncc(CN2CCC3(O)CCCCC3C2)c1C.O=C(O)CC(O)(CC(=O)O)C(=O)O. The van der Waals surface area contributed by atoms with E-state index in [1.165, 1.54) is 30.5 Å². The molecule has 5 N–H and O–H groups in total. The molecule has 2 aliphatic rings. The van der Waals surface area contributed by atoms with E-state index in [1.54, 1.807) is 6.20 Å². The third-order valence-electron chi connectivity index (χ3n) is 6.51. The van der Waals surface area contributed by atoms with Gasteiger partial charge in [0.1, 0.15) is 0 Å². The molecule has 33 heavy (non-hydrogen) atoms. The molecule has 3 rings (SSSR count). The zero-order valence-electron chi connectivity index (χ0n) is 18.8. The highest BCUT2D eigenvalue weighted by molar-refractivity contribution is 5.88. The van der Waals surface area contributed by atoms with E-state index in [4.69, 9.17) is 20.4 Å². The molecule has 1 aromatic rings. The highest BCUT2D eigenvalue weighted by Crippen LogP contribution is 2.40. The van der Waals surface area contributed by atoms with Crippen molar-refractivity contribution in [2.24, 2.45) is 5.92 Å². The molecule has 1 saturated carbocycles. The number of hydrogen-bond donors (Lipinski definition) is 5. The molecule has 1 aliphatic heterocycles. The summed E-state index contributed by atoms with van der Waals surface area (Å²) < 4.78 is 1.83. The molecule has 0 aromatic carbocycles. The average Bonchev–Trinajstić information content (AvgIpc) is 3.06. The number of aliphatic hydroxyl groups is 2. The summed E-state index contributed by atoms with van der Waals surface area (Å²) in [7, 11) is 0. The van der Waals surface area contributed by atoms with Crippen LogP contribution in [-0.2, 0) is 20.9 Å². The smallest absolute Gasteiger partial charge is 0.336 e. The molecule has 11 nitrogen and oxygen atoms in total. The second-order valence-electron chi connectivity index (χ2n) is 8.89. The van der Waals surface area contributed by atoms with E-state index in [9.17, 15) is 19.5 Å². The molecule has 2 fully saturated rings. The molecule has 2 atom stereocenters. The third-order valence-corrected chi connectivity index (χ3v) is 6.51. The molecule has 184 valence electrons. The van der Waals surface area contributed by atoms with Crippen LogP contribution in [-0.4, -0.2) is 82.4 Å². The van der Waals surface area contributed by atoms with E-state index in [-0.39, 0.29) is 5.60 Å². The minimum Gasteiger partial charge on any atom is -0.481 e. The van der Waals surface area contributed by atoms with Crippen molar-refractivity contribution in [2.45, 2.75) is 69.6 Å². The summed E-state index contributed by atoms with van der Waals surface area (Å²) in [5, 5.41) is 48.8. The lowest BCUT2D eigenvalue weighted by molar-refractivity contribution is -0.170. The highest BCUT2D eigenvalue weighted by atomic mass is 16.4. The highest BCUT2D eigenvalue weighted by Gasteiger charge is 2.43. The van der Waals surface area contributed by atoms with Gasteiger partial charge in [-0.15, -0.1) is 0 Å². The van der Waals surface area contributed by atoms with Crippen LogP contribution >= 0.6 is 0 Å². The zero-order chi connectivity index (χ0) is 24.8. The number of nitrogens with zero attached hydrogens (tertiary/aromatic N) is 3. The monoisotopic (exact) mass is 467 g/mol. The summed E-state index contributed by atoms with van der Waals surface area (Å²) in [5.41, 5.74) is -0.678. The summed E-state index contributed by atoms with van der Waals surface area (Å²) >= 11 is 0. The van der Waals surface area contributed by atoms with Crippen LogP contribution in [0, 0.1) is 12.8 Å². The fraction of sp³-hybridized carbons (Fsp3) is 0.636. The summed E-state index contributed by atoms with van der Waals surface area (Å²) in [4.78, 5) is 33.0. The van der Waals surface area contributed by atoms with Gasteiger partial charge in [-0.1, -0.05) is 19.4 Å². The summed E-state index contributed by atoms with van der Waals surface area (Å²) in [6.45, 7) is 8.81. The molecular weight excluding hydrogens is 434 g/mol. The van der Waals surface area contributed by atoms with Crippen molar-refractivity contribution >= 4 is 24.1 Å². The number of carboxylic acid groups (broad SMARTS) is 3. The first-order valence-corrected chi connectivity index (χ1v) is 10.9. The number of aliphatic carboxylic acids is 3. The maximum absolute atomic E-state index is 10.7. The van der Waals surface area contributed by atoms with E-state index in [2.05, 4.69) is 23.5 Å². The van der Waals surface area contributed by atoms with Gasteiger partial charge in [-0.2, -0.15) is 5.10 Å². The van der Waals surface area contributed by atoms with Gasteiger partial charge in [0.05, 0.1) is 24.6 Å². The van der Waals surface area contributed by atoms with Gasteiger partial charge in [0.15, 0.2) is 5.60 Å². The molecule has 0 spiro atoms. The Bertz CT molecular complexity index is 867. The van der Waals surface area contributed by atoms with Gasteiger partial charge in [-0.25, -0.2) is 9.48 Å². The predicted octanol–water partition coefficient (Wildman–Crippen LogP) is 1.17. The number of aromatic nitrogens is 2. The van der Waals surface area contributed by atoms with Crippen molar-refractivity contribution in [1.29, 1.82) is 0 Å². The summed E-state index contributed by atoms with van der Waals surface area (Å²) in [6, 6.07) is 0. The molecule has 2 unspecified atom stereocenters. The van der Waals surface area contributed by atoms with E-state index >= 15 is 0 Å². The number of carbonyl (C=O) groups is 3. The maximum atomic E-state index is 10.7. The number of hydrogen-bond acceptors (Lipinski definition) is 7. The van der Waals surface area contributed by atoms with Gasteiger partial charge in [0, 0.05) is 43.0 Å². The van der Waals surface area contributed by atoms with Crippen molar-refractivity contribution in [3.05, 3.63) is 24.0 Å². The first kappa shape index (κ1) is 26.5. The Morgan fingerprint density at radius 2 is 1.85 bits per heavy atom. The number of carboxylic acids is 3. The van der Waals surface area contributed by atoms with Crippen molar-refractivity contribution in [1.82, 2.24) is 14.7 Å². The lowest BCUT2D eigenvalue weighted by Crippen LogP contribution is -2.52. The number of likely N-dealkylation sites (tertiary alicyclic amines) is 1. The number of piperidine rings is 1. The van der Waals surface area contributed by atoms with Crippen LogP contribution in [0.5, 0.6) is 0 Å². The Hall–Kier alpha value is -2.76. The molecular formula is C22H33N3O8. The van der Waals surface area contributed by atoms with Crippen LogP contribution in [0.15, 0.2) is 12.8 Å². The molecule has 11 heteroatoms. The number of rotatable bonds is 8. The minimum atomic E-state index is -2.74. The second-order valence-corrected chi connectivity index (χ2v) is 8.89. The van der Waals surface area contributed by atoms with Gasteiger partial charge < -0.3 is 25.5 Å². The molecule has 0 radical (unpaired) electrons. The fourth-order valence-corrected chi connectivity index (χ4v) is 4.54. The van der Waals surface area contributed by atoms with Gasteiger partial charge in [0.25, 0.3) is 0 Å². The van der Waals surface area contributed by atoms with Crippen LogP contribution in [0.2, 0.25) is 0 Å². The first-order valence-electron chi connectivity index (χ1n) is 10.9. The summed E-state index contributed by atoms with van der Waals surface area (Å²) in [5.74, 6) is -4.56. The van der Waals surface area contributed by atoms with Gasteiger partial charge in [-0.05, 0) is 26.2 Å². The Morgan fingerprint density at radius 1 is 1.21 bits per heavy atom. The summed E-state index contributed by atoms with van der Waals surface area (Å²) in [6.07, 6.45) is 6.96. The second kappa shape index (κ2) is 10.9. The fourth-order valence-electron chi connectivity index (χ4n) is 4.54. The first-order chi connectivity index (χ1) is 15.4. The van der Waals surface area contributed by atoms with Crippen LogP contribution in [0.3, 0.4) is 0 Å². The van der Waals surface area contributed by atoms with Crippen molar-refractivity contribution < 1.29 is 39.9 Å². The Balaban J connectivity index is 0.000000260. The van der Waals surface area contributed by atoms with E-state index in [1.807, 2.05) is 10.9 Å². The lowest BCUT2D eigenvalue weighted by Gasteiger charge is -2.47. The predicted molar refractivity (Wildman–Crippen MR) is 117 cm³/mol. The molecule has 0 bridgehead atoms. The lowest BCUT2D eigenvalue weighted by atomic mass is 9.71. The zero-order valence-corrected chi connectivity index (χ0v) is 18.8. The Morgan fingerprint density at radius 3 is 2.36 bits per heavy atom. The molecule has 1 saturated heterocycles. The van der Waals surface area contributed by atoms with Crippen LogP contribution in [0.4, 0.5) is 0 Å². The average molecular weight is 468 g/mol. The third kappa shape index (κ3) is 6.86. The number of fused-ring (bicyclic) bond motifs is 1. The van der Waals surface area contributed by atoms with E-state index in [0.717, 1.165) is 32.5 Å². The van der Waals surface area contributed by atoms with Crippen molar-refractivity contribution in [3.8, 4) is 0 Å². The van der Waals surface area contributed by atoms with Crippen molar-refractivity contribution in [2.75, 3.05) is 13.1 Å². The normalized spacial score (nSPS) is 23.1. The standard InChI is InChI=1S/C16H25N3O.C6H8O7/c1-3-19-13(2)14(10-17-19)11-18-9-8-16(20)7-5-4-6-15(16)12-18;7-3(8)1-6(13,5(11)12)2-4(9)10/h3,10,15,20H,1,4-9,11-12H2,2H3;13H,1-2H2,(H,7,8)(H,9,10)(H,11,12). The van der Waals surface area contributed by atoms with Crippen LogP contribution < -0.4 is 0 Å². The van der Waals surface area contributed by atoms with Crippen molar-refractivity contribution in [3.63, 3.8) is 0 Å². The van der Waals surface area contributed by atoms with Gasteiger partial charge in [-0.3, -0.25) is 14.5 Å². The van der Waals surface area contributed by atoms with E-state index in [0.29, 0.717) is 5.92 Å². The topological polar surface area (TPSA) is 173 Å². The molecule has 1 aliphatic carbocycles. The molecule has 2 heterocycles. The Kier molecular flexibility index (Phi) is 8.76. The minimum absolute atomic E-state index is 0.380. The largest absolute Gasteiger partial charge is 0.481 e. The molecule has 1 aromatic heterocycles. The Labute approximate surface area is 191 Å². The van der Waals surface area contributed by atoms with Crippen LogP contribution in [0.25, 0.3) is 6.20 Å². The molecule has 0 amide bonds. The maximum Gasteiger partial charge on any atom is 0.336 e. The van der Waals surface area contributed by atoms with Gasteiger partial charge in [0.2, 0.25) is 0 Å². The van der Waals surface area contributed by atoms with E-state index < -0.39 is 36.4 Å². The van der Waals surface area contributed by atoms with Crippen LogP contribution in [0.1, 0.15) is 56.2 Å². The van der Waals surface area contributed by atoms with Gasteiger partial charge >= 0.3 is 17.9 Å². The quantitative estimate of drug-likeness (QED) is 0.373.